The number of benzene rings is 1. The molecule has 2 saturated heterocycles. The van der Waals surface area contributed by atoms with Crippen LogP contribution in [0.15, 0.2) is 12.1 Å². The number of thioether (sulfide) groups is 1. The second-order valence-electron chi connectivity index (χ2n) is 5.15. The minimum atomic E-state index is -1.43. The summed E-state index contributed by atoms with van der Waals surface area (Å²) < 4.78 is 40.2. The molecule has 1 N–H and O–H groups in total. The molecule has 2 aliphatic heterocycles. The van der Waals surface area contributed by atoms with Gasteiger partial charge in [0.15, 0.2) is 11.6 Å². The third kappa shape index (κ3) is 1.93. The molecule has 2 aliphatic rings. The lowest BCUT2D eigenvalue weighted by molar-refractivity contribution is 0.0152. The molecule has 3 rings (SSSR count). The quantitative estimate of drug-likeness (QED) is 0.792. The number of hydrogen-bond acceptors (Lipinski definition) is 2. The molecule has 0 amide bonds. The molecule has 0 aromatic heterocycles. The maximum Gasteiger partial charge on any atom is 0.165 e. The van der Waals surface area contributed by atoms with E-state index >= 15 is 0 Å². The highest BCUT2D eigenvalue weighted by molar-refractivity contribution is 8.00. The lowest BCUT2D eigenvalue weighted by Crippen LogP contribution is -2.35. The van der Waals surface area contributed by atoms with Crippen molar-refractivity contribution in [1.29, 1.82) is 0 Å². The average Bonchev–Trinajstić information content (AvgIpc) is 2.63. The minimum Gasteiger partial charge on any atom is -0.385 e. The number of fused-ring (bicyclic) bond motifs is 2. The Morgan fingerprint density at radius 2 is 1.72 bits per heavy atom. The first-order chi connectivity index (χ1) is 8.48. The van der Waals surface area contributed by atoms with Crippen molar-refractivity contribution in [3.05, 3.63) is 35.1 Å². The Hall–Kier alpha value is -0.680. The summed E-state index contributed by atoms with van der Waals surface area (Å²) in [6, 6.07) is 1.43. The summed E-state index contributed by atoms with van der Waals surface area (Å²) in [5.74, 6) is -3.20. The van der Waals surface area contributed by atoms with Gasteiger partial charge in [0.05, 0.1) is 5.60 Å². The maximum atomic E-state index is 13.8. The van der Waals surface area contributed by atoms with E-state index in [0.29, 0.717) is 18.9 Å². The van der Waals surface area contributed by atoms with Crippen molar-refractivity contribution >= 4 is 11.8 Å². The molecule has 98 valence electrons. The van der Waals surface area contributed by atoms with Crippen LogP contribution in [0.3, 0.4) is 0 Å². The van der Waals surface area contributed by atoms with Crippen LogP contribution in [0.4, 0.5) is 13.2 Å². The van der Waals surface area contributed by atoms with Crippen molar-refractivity contribution in [3.63, 3.8) is 0 Å². The zero-order valence-corrected chi connectivity index (χ0v) is 10.4. The number of rotatable bonds is 1. The van der Waals surface area contributed by atoms with Crippen LogP contribution in [-0.2, 0) is 5.60 Å². The average molecular weight is 274 g/mol. The molecule has 0 aliphatic carbocycles. The van der Waals surface area contributed by atoms with Gasteiger partial charge in [-0.3, -0.25) is 0 Å². The van der Waals surface area contributed by atoms with Gasteiger partial charge in [-0.05, 0) is 31.7 Å². The van der Waals surface area contributed by atoms with Gasteiger partial charge in [-0.15, -0.1) is 0 Å². The van der Waals surface area contributed by atoms with Crippen LogP contribution in [0.1, 0.15) is 31.2 Å². The number of aliphatic hydroxyl groups is 1. The molecule has 2 unspecified atom stereocenters. The summed E-state index contributed by atoms with van der Waals surface area (Å²) in [5.41, 5.74) is -1.65. The van der Waals surface area contributed by atoms with Gasteiger partial charge in [0, 0.05) is 22.1 Å². The highest BCUT2D eigenvalue weighted by Crippen LogP contribution is 2.51. The zero-order valence-electron chi connectivity index (χ0n) is 9.63. The van der Waals surface area contributed by atoms with Crippen LogP contribution in [0, 0.1) is 17.5 Å². The van der Waals surface area contributed by atoms with E-state index in [-0.39, 0.29) is 16.1 Å². The van der Waals surface area contributed by atoms with Gasteiger partial charge in [-0.2, -0.15) is 11.8 Å². The van der Waals surface area contributed by atoms with Gasteiger partial charge in [0.1, 0.15) is 5.82 Å². The topological polar surface area (TPSA) is 20.2 Å². The predicted molar refractivity (Wildman–Crippen MR) is 63.8 cm³/mol. The Kier molecular flexibility index (Phi) is 2.86. The monoisotopic (exact) mass is 274 g/mol. The van der Waals surface area contributed by atoms with Crippen molar-refractivity contribution in [2.24, 2.45) is 0 Å². The summed E-state index contributed by atoms with van der Waals surface area (Å²) in [5, 5.41) is 11.1. The van der Waals surface area contributed by atoms with E-state index in [1.165, 1.54) is 0 Å². The molecule has 2 atom stereocenters. The summed E-state index contributed by atoms with van der Waals surface area (Å²) in [7, 11) is 0. The summed E-state index contributed by atoms with van der Waals surface area (Å²) in [6.07, 6.45) is 2.70. The molecule has 5 heteroatoms. The van der Waals surface area contributed by atoms with E-state index in [9.17, 15) is 18.3 Å². The lowest BCUT2D eigenvalue weighted by atomic mass is 9.85. The van der Waals surface area contributed by atoms with Gasteiger partial charge in [0.25, 0.3) is 0 Å². The van der Waals surface area contributed by atoms with Crippen LogP contribution in [0.5, 0.6) is 0 Å². The summed E-state index contributed by atoms with van der Waals surface area (Å²) in [6.45, 7) is 0. The molecular formula is C13H13F3OS. The normalized spacial score (nSPS) is 34.9. The van der Waals surface area contributed by atoms with Crippen LogP contribution >= 0.6 is 11.8 Å². The van der Waals surface area contributed by atoms with Crippen molar-refractivity contribution in [2.75, 3.05) is 0 Å². The van der Waals surface area contributed by atoms with E-state index in [1.54, 1.807) is 11.8 Å². The Balaban J connectivity index is 2.03. The van der Waals surface area contributed by atoms with Gasteiger partial charge in [-0.1, -0.05) is 0 Å². The van der Waals surface area contributed by atoms with Gasteiger partial charge in [0.2, 0.25) is 0 Å². The third-order valence-electron chi connectivity index (χ3n) is 3.82. The predicted octanol–water partition coefficient (Wildman–Crippen LogP) is 3.35. The highest BCUT2D eigenvalue weighted by Gasteiger charge is 2.46. The second kappa shape index (κ2) is 4.17. The molecule has 1 aromatic rings. The molecule has 2 heterocycles. The first kappa shape index (κ1) is 12.4. The Labute approximate surface area is 107 Å². The third-order valence-corrected chi connectivity index (χ3v) is 5.40. The SMILES string of the molecule is OC1(c2cc(F)cc(F)c2F)CC2CCC(C1)S2. The Morgan fingerprint density at radius 3 is 2.33 bits per heavy atom. The Bertz CT molecular complexity index is 479. The molecular weight excluding hydrogens is 261 g/mol. The molecule has 1 aromatic carbocycles. The number of halogens is 3. The molecule has 0 spiro atoms. The zero-order chi connectivity index (χ0) is 12.9. The molecule has 2 fully saturated rings. The van der Waals surface area contributed by atoms with Crippen molar-refractivity contribution in [3.8, 4) is 0 Å². The first-order valence-electron chi connectivity index (χ1n) is 6.01. The lowest BCUT2D eigenvalue weighted by Gasteiger charge is -2.36. The summed E-state index contributed by atoms with van der Waals surface area (Å²) >= 11 is 1.79. The van der Waals surface area contributed by atoms with Crippen LogP contribution in [-0.4, -0.2) is 15.6 Å². The van der Waals surface area contributed by atoms with Gasteiger partial charge < -0.3 is 5.11 Å². The summed E-state index contributed by atoms with van der Waals surface area (Å²) in [4.78, 5) is 0. The van der Waals surface area contributed by atoms with Gasteiger partial charge >= 0.3 is 0 Å². The molecule has 0 saturated carbocycles. The van der Waals surface area contributed by atoms with Crippen molar-refractivity contribution < 1.29 is 18.3 Å². The Morgan fingerprint density at radius 1 is 1.11 bits per heavy atom. The van der Waals surface area contributed by atoms with E-state index in [2.05, 4.69) is 0 Å². The second-order valence-corrected chi connectivity index (χ2v) is 6.75. The molecule has 2 bridgehead atoms. The van der Waals surface area contributed by atoms with Crippen molar-refractivity contribution in [2.45, 2.75) is 41.8 Å². The fraction of sp³-hybridized carbons (Fsp3) is 0.538. The van der Waals surface area contributed by atoms with E-state index in [1.807, 2.05) is 0 Å². The van der Waals surface area contributed by atoms with E-state index in [0.717, 1.165) is 18.9 Å². The maximum absolute atomic E-state index is 13.8. The fourth-order valence-electron chi connectivity index (χ4n) is 3.03. The van der Waals surface area contributed by atoms with Crippen LogP contribution in [0.2, 0.25) is 0 Å². The molecule has 18 heavy (non-hydrogen) atoms. The van der Waals surface area contributed by atoms with E-state index < -0.39 is 23.1 Å². The standard InChI is InChI=1S/C13H13F3OS/c14-7-3-10(12(16)11(15)4-7)13(17)5-8-1-2-9(6-13)18-8/h3-4,8-9,17H,1-2,5-6H2. The number of hydrogen-bond donors (Lipinski definition) is 1. The molecule has 0 radical (unpaired) electrons. The minimum absolute atomic E-state index is 0.225. The van der Waals surface area contributed by atoms with Crippen LogP contribution < -0.4 is 0 Å². The van der Waals surface area contributed by atoms with E-state index in [4.69, 9.17) is 0 Å². The molecule has 1 nitrogen and oxygen atoms in total. The van der Waals surface area contributed by atoms with Gasteiger partial charge in [-0.25, -0.2) is 13.2 Å². The first-order valence-corrected chi connectivity index (χ1v) is 6.95. The van der Waals surface area contributed by atoms with Crippen LogP contribution in [0.25, 0.3) is 0 Å². The largest absolute Gasteiger partial charge is 0.385 e. The highest BCUT2D eigenvalue weighted by atomic mass is 32.2. The van der Waals surface area contributed by atoms with Crippen molar-refractivity contribution in [1.82, 2.24) is 0 Å². The fourth-order valence-corrected chi connectivity index (χ4v) is 4.86. The smallest absolute Gasteiger partial charge is 0.165 e.